The molecule has 2 aromatic carbocycles. The zero-order valence-electron chi connectivity index (χ0n) is 15.1. The summed E-state index contributed by atoms with van der Waals surface area (Å²) in [6.45, 7) is -1.26. The van der Waals surface area contributed by atoms with Crippen LogP contribution in [-0.4, -0.2) is 30.2 Å². The number of carbonyl (C=O) groups is 2. The van der Waals surface area contributed by atoms with E-state index in [9.17, 15) is 18.4 Å². The van der Waals surface area contributed by atoms with Crippen LogP contribution in [-0.2, 0) is 16.9 Å². The fourth-order valence-corrected chi connectivity index (χ4v) is 3.70. The standard InChI is InChI=1S/C19H15BrF2N2O5/c1-19(11-2-4-12(5-3-11)29-17(21)22)16(25)24(18(26)23-19)8-10-6-14-15(7-13(10)20)28-9-27-14/h2-7,17H,8-9H2,1H3,(H,23,26)/t19-/m0/s1. The average Bonchev–Trinajstić information content (AvgIpc) is 3.20. The van der Waals surface area contributed by atoms with Gasteiger partial charge in [-0.25, -0.2) is 4.79 Å². The van der Waals surface area contributed by atoms with Gasteiger partial charge in [0.05, 0.1) is 6.54 Å². The Morgan fingerprint density at radius 2 is 1.86 bits per heavy atom. The first kappa shape index (κ1) is 19.4. The maximum Gasteiger partial charge on any atom is 0.387 e. The van der Waals surface area contributed by atoms with E-state index in [1.54, 1.807) is 19.1 Å². The number of amides is 3. The van der Waals surface area contributed by atoms with Gasteiger partial charge in [-0.15, -0.1) is 0 Å². The number of hydrogen-bond acceptors (Lipinski definition) is 5. The lowest BCUT2D eigenvalue weighted by Crippen LogP contribution is -2.40. The first-order valence-electron chi connectivity index (χ1n) is 8.55. The molecule has 2 aromatic rings. The van der Waals surface area contributed by atoms with Crippen molar-refractivity contribution in [2.75, 3.05) is 6.79 Å². The number of urea groups is 1. The van der Waals surface area contributed by atoms with E-state index < -0.39 is 24.1 Å². The molecule has 1 saturated heterocycles. The molecule has 2 aliphatic heterocycles. The van der Waals surface area contributed by atoms with E-state index in [4.69, 9.17) is 9.47 Å². The minimum atomic E-state index is -2.94. The summed E-state index contributed by atoms with van der Waals surface area (Å²) in [5.41, 5.74) is -0.212. The molecule has 1 atom stereocenters. The predicted octanol–water partition coefficient (Wildman–Crippen LogP) is 3.75. The molecule has 4 rings (SSSR count). The summed E-state index contributed by atoms with van der Waals surface area (Å²) < 4.78 is 40.3. The largest absolute Gasteiger partial charge is 0.454 e. The summed E-state index contributed by atoms with van der Waals surface area (Å²) in [4.78, 5) is 26.7. The van der Waals surface area contributed by atoms with Crippen molar-refractivity contribution in [3.8, 4) is 17.2 Å². The Bertz CT molecular complexity index is 985. The van der Waals surface area contributed by atoms with E-state index in [2.05, 4.69) is 26.0 Å². The smallest absolute Gasteiger partial charge is 0.387 e. The van der Waals surface area contributed by atoms with Crippen molar-refractivity contribution in [3.63, 3.8) is 0 Å². The minimum absolute atomic E-state index is 0.0179. The molecular weight excluding hydrogens is 454 g/mol. The van der Waals surface area contributed by atoms with Gasteiger partial charge in [0.1, 0.15) is 11.3 Å². The first-order valence-corrected chi connectivity index (χ1v) is 9.35. The monoisotopic (exact) mass is 468 g/mol. The second-order valence-corrected chi connectivity index (χ2v) is 7.50. The highest BCUT2D eigenvalue weighted by atomic mass is 79.9. The fourth-order valence-electron chi connectivity index (χ4n) is 3.26. The van der Waals surface area contributed by atoms with Gasteiger partial charge in [0.25, 0.3) is 5.91 Å². The van der Waals surface area contributed by atoms with Crippen molar-refractivity contribution in [1.82, 2.24) is 10.2 Å². The van der Waals surface area contributed by atoms with Crippen LogP contribution < -0.4 is 19.5 Å². The van der Waals surface area contributed by atoms with Crippen LogP contribution in [0.15, 0.2) is 40.9 Å². The molecular formula is C19H15BrF2N2O5. The third-order valence-electron chi connectivity index (χ3n) is 4.80. The van der Waals surface area contributed by atoms with Crippen LogP contribution in [0.25, 0.3) is 0 Å². The minimum Gasteiger partial charge on any atom is -0.454 e. The zero-order valence-corrected chi connectivity index (χ0v) is 16.7. The third kappa shape index (κ3) is 3.48. The van der Waals surface area contributed by atoms with Crippen LogP contribution in [0.4, 0.5) is 13.6 Å². The molecule has 152 valence electrons. The number of rotatable bonds is 5. The summed E-state index contributed by atoms with van der Waals surface area (Å²) in [5.74, 6) is 0.612. The van der Waals surface area contributed by atoms with E-state index in [0.717, 1.165) is 4.90 Å². The van der Waals surface area contributed by atoms with Crippen molar-refractivity contribution in [2.24, 2.45) is 0 Å². The number of fused-ring (bicyclic) bond motifs is 1. The highest BCUT2D eigenvalue weighted by Crippen LogP contribution is 2.38. The molecule has 2 aliphatic rings. The van der Waals surface area contributed by atoms with E-state index >= 15 is 0 Å². The van der Waals surface area contributed by atoms with Crippen molar-refractivity contribution >= 4 is 27.9 Å². The van der Waals surface area contributed by atoms with Crippen molar-refractivity contribution in [2.45, 2.75) is 25.6 Å². The number of benzene rings is 2. The van der Waals surface area contributed by atoms with Crippen LogP contribution in [0.2, 0.25) is 0 Å². The van der Waals surface area contributed by atoms with Crippen LogP contribution in [0.5, 0.6) is 17.2 Å². The van der Waals surface area contributed by atoms with Gasteiger partial charge in [-0.1, -0.05) is 28.1 Å². The molecule has 0 unspecified atom stereocenters. The van der Waals surface area contributed by atoms with Gasteiger partial charge < -0.3 is 19.5 Å². The SMILES string of the molecule is C[C@@]1(c2ccc(OC(F)F)cc2)NC(=O)N(Cc2cc3c(cc2Br)OCO3)C1=O. The Hall–Kier alpha value is -2.88. The van der Waals surface area contributed by atoms with Gasteiger partial charge in [0.2, 0.25) is 6.79 Å². The Labute approximate surface area is 172 Å². The molecule has 0 aliphatic carbocycles. The van der Waals surface area contributed by atoms with Gasteiger partial charge in [0.15, 0.2) is 11.5 Å². The fraction of sp³-hybridized carbons (Fsp3) is 0.263. The molecule has 0 radical (unpaired) electrons. The molecule has 1 fully saturated rings. The van der Waals surface area contributed by atoms with E-state index in [1.165, 1.54) is 24.3 Å². The molecule has 0 spiro atoms. The second-order valence-electron chi connectivity index (χ2n) is 6.65. The summed E-state index contributed by atoms with van der Waals surface area (Å²) in [7, 11) is 0. The third-order valence-corrected chi connectivity index (χ3v) is 5.54. The lowest BCUT2D eigenvalue weighted by atomic mass is 9.92. The maximum atomic E-state index is 13.1. The summed E-state index contributed by atoms with van der Waals surface area (Å²) in [6.07, 6.45) is 0. The molecule has 7 nitrogen and oxygen atoms in total. The molecule has 10 heteroatoms. The number of alkyl halides is 2. The summed E-state index contributed by atoms with van der Waals surface area (Å²) >= 11 is 3.42. The van der Waals surface area contributed by atoms with Crippen LogP contribution in [0.3, 0.4) is 0 Å². The number of ether oxygens (including phenoxy) is 3. The molecule has 2 heterocycles. The Kier molecular flexibility index (Phi) is 4.81. The van der Waals surface area contributed by atoms with E-state index in [1.807, 2.05) is 0 Å². The highest BCUT2D eigenvalue weighted by molar-refractivity contribution is 9.10. The number of nitrogens with one attached hydrogen (secondary N) is 1. The van der Waals surface area contributed by atoms with Gasteiger partial charge in [-0.3, -0.25) is 9.69 Å². The van der Waals surface area contributed by atoms with Crippen molar-refractivity contribution in [1.29, 1.82) is 0 Å². The molecule has 0 aromatic heterocycles. The topological polar surface area (TPSA) is 77.1 Å². The Morgan fingerprint density at radius 3 is 2.52 bits per heavy atom. The van der Waals surface area contributed by atoms with E-state index in [0.29, 0.717) is 27.1 Å². The number of hydrogen-bond donors (Lipinski definition) is 1. The lowest BCUT2D eigenvalue weighted by Gasteiger charge is -2.22. The van der Waals surface area contributed by atoms with Crippen LogP contribution >= 0.6 is 15.9 Å². The van der Waals surface area contributed by atoms with Crippen LogP contribution in [0.1, 0.15) is 18.1 Å². The quantitative estimate of drug-likeness (QED) is 0.676. The Morgan fingerprint density at radius 1 is 1.21 bits per heavy atom. The normalized spacial score (nSPS) is 20.4. The highest BCUT2D eigenvalue weighted by Gasteiger charge is 2.49. The van der Waals surface area contributed by atoms with Crippen molar-refractivity contribution in [3.05, 3.63) is 52.0 Å². The maximum absolute atomic E-state index is 13.1. The predicted molar refractivity (Wildman–Crippen MR) is 99.8 cm³/mol. The van der Waals surface area contributed by atoms with Gasteiger partial charge >= 0.3 is 12.6 Å². The molecule has 0 bridgehead atoms. The molecule has 0 saturated carbocycles. The second kappa shape index (κ2) is 7.18. The number of halogens is 3. The molecule has 1 N–H and O–H groups in total. The number of nitrogens with zero attached hydrogens (tertiary/aromatic N) is 1. The lowest BCUT2D eigenvalue weighted by molar-refractivity contribution is -0.131. The number of imide groups is 1. The summed E-state index contributed by atoms with van der Waals surface area (Å²) in [6, 6.07) is 8.45. The number of carbonyl (C=O) groups excluding carboxylic acids is 2. The summed E-state index contributed by atoms with van der Waals surface area (Å²) in [5, 5.41) is 2.68. The molecule has 3 amide bonds. The zero-order chi connectivity index (χ0) is 20.8. The van der Waals surface area contributed by atoms with Crippen LogP contribution in [0, 0.1) is 0 Å². The van der Waals surface area contributed by atoms with Crippen molar-refractivity contribution < 1.29 is 32.6 Å². The average molecular weight is 469 g/mol. The Balaban J connectivity index is 1.57. The molecule has 29 heavy (non-hydrogen) atoms. The van der Waals surface area contributed by atoms with Gasteiger partial charge in [-0.2, -0.15) is 8.78 Å². The van der Waals surface area contributed by atoms with Gasteiger partial charge in [-0.05, 0) is 42.3 Å². The van der Waals surface area contributed by atoms with E-state index in [-0.39, 0.29) is 19.1 Å². The van der Waals surface area contributed by atoms with Gasteiger partial charge in [0, 0.05) is 4.47 Å². The first-order chi connectivity index (χ1) is 13.8.